The Balaban J connectivity index is 1.79. The predicted molar refractivity (Wildman–Crippen MR) is 185 cm³/mol. The molecule has 11 heteroatoms. The second-order valence-electron chi connectivity index (χ2n) is 11.2. The number of methoxy groups -OCH3 is 1. The highest BCUT2D eigenvalue weighted by Gasteiger charge is 2.34. The van der Waals surface area contributed by atoms with Gasteiger partial charge in [0.2, 0.25) is 11.8 Å². The lowest BCUT2D eigenvalue weighted by atomic mass is 10.0. The Morgan fingerprint density at radius 3 is 2.17 bits per heavy atom. The minimum Gasteiger partial charge on any atom is -0.497 e. The Labute approximate surface area is 284 Å². The van der Waals surface area contributed by atoms with Gasteiger partial charge in [-0.1, -0.05) is 89.9 Å². The Morgan fingerprint density at radius 1 is 0.891 bits per heavy atom. The fourth-order valence-corrected chi connectivity index (χ4v) is 6.65. The van der Waals surface area contributed by atoms with Crippen LogP contribution in [-0.4, -0.2) is 51.4 Å². The van der Waals surface area contributed by atoms with Crippen molar-refractivity contribution in [3.63, 3.8) is 0 Å². The molecule has 242 valence electrons. The van der Waals surface area contributed by atoms with Gasteiger partial charge in [-0.3, -0.25) is 13.9 Å². The highest BCUT2D eigenvalue weighted by Crippen LogP contribution is 2.28. The Kier molecular flexibility index (Phi) is 12.3. The molecule has 1 N–H and O–H groups in total. The maximum absolute atomic E-state index is 14.5. The number of rotatable bonds is 14. The van der Waals surface area contributed by atoms with Crippen molar-refractivity contribution < 1.29 is 22.7 Å². The van der Waals surface area contributed by atoms with Gasteiger partial charge in [0.1, 0.15) is 18.3 Å². The average Bonchev–Trinajstić information content (AvgIpc) is 3.05. The summed E-state index contributed by atoms with van der Waals surface area (Å²) in [5.41, 5.74) is 1.85. The highest BCUT2D eigenvalue weighted by atomic mass is 79.9. The molecule has 2 amide bonds. The van der Waals surface area contributed by atoms with Crippen molar-refractivity contribution in [2.45, 2.75) is 37.8 Å². The van der Waals surface area contributed by atoms with Crippen LogP contribution in [0.5, 0.6) is 5.75 Å². The molecule has 46 heavy (non-hydrogen) atoms. The number of amides is 2. The van der Waals surface area contributed by atoms with Crippen molar-refractivity contribution in [3.8, 4) is 5.75 Å². The summed E-state index contributed by atoms with van der Waals surface area (Å²) in [5, 5.41) is 3.30. The zero-order valence-electron chi connectivity index (χ0n) is 25.9. The van der Waals surface area contributed by atoms with Crippen LogP contribution in [0.25, 0.3) is 0 Å². The van der Waals surface area contributed by atoms with E-state index >= 15 is 0 Å². The molecule has 0 aliphatic rings. The molecule has 4 aromatic carbocycles. The van der Waals surface area contributed by atoms with Crippen molar-refractivity contribution in [3.05, 3.63) is 124 Å². The van der Waals surface area contributed by atoms with Gasteiger partial charge in [-0.05, 0) is 71.6 Å². The van der Waals surface area contributed by atoms with Gasteiger partial charge in [0.05, 0.1) is 17.7 Å². The Morgan fingerprint density at radius 2 is 1.57 bits per heavy atom. The minimum atomic E-state index is -4.26. The van der Waals surface area contributed by atoms with Gasteiger partial charge >= 0.3 is 0 Å². The number of ether oxygens (including phenoxy) is 1. The van der Waals surface area contributed by atoms with Crippen molar-refractivity contribution in [1.82, 2.24) is 10.2 Å². The topological polar surface area (TPSA) is 96.0 Å². The van der Waals surface area contributed by atoms with Crippen LogP contribution in [0.3, 0.4) is 0 Å². The second kappa shape index (κ2) is 16.1. The van der Waals surface area contributed by atoms with E-state index in [1.54, 1.807) is 30.3 Å². The third-order valence-electron chi connectivity index (χ3n) is 7.24. The lowest BCUT2D eigenvalue weighted by molar-refractivity contribution is -0.140. The molecule has 0 radical (unpaired) electrons. The molecule has 0 saturated heterocycles. The molecular formula is C35H37BrClN3O5S. The van der Waals surface area contributed by atoms with Gasteiger partial charge < -0.3 is 15.0 Å². The second-order valence-corrected chi connectivity index (χ2v) is 14.4. The van der Waals surface area contributed by atoms with Crippen LogP contribution in [-0.2, 0) is 32.6 Å². The zero-order chi connectivity index (χ0) is 33.3. The number of carbonyl (C=O) groups is 2. The molecule has 0 bridgehead atoms. The minimum absolute atomic E-state index is 0.0314. The number of nitrogens with one attached hydrogen (secondary N) is 1. The monoisotopic (exact) mass is 725 g/mol. The predicted octanol–water partition coefficient (Wildman–Crippen LogP) is 6.72. The van der Waals surface area contributed by atoms with E-state index in [0.29, 0.717) is 17.3 Å². The Bertz CT molecular complexity index is 1720. The number of carbonyl (C=O) groups excluding carboxylic acids is 2. The highest BCUT2D eigenvalue weighted by molar-refractivity contribution is 9.10. The lowest BCUT2D eigenvalue weighted by Gasteiger charge is -2.34. The van der Waals surface area contributed by atoms with Crippen LogP contribution in [0.1, 0.15) is 25.0 Å². The molecule has 8 nitrogen and oxygen atoms in total. The molecule has 0 unspecified atom stereocenters. The maximum atomic E-state index is 14.5. The van der Waals surface area contributed by atoms with Crippen molar-refractivity contribution in [2.24, 2.45) is 5.92 Å². The number of nitrogens with zero attached hydrogens (tertiary/aromatic N) is 2. The van der Waals surface area contributed by atoms with Crippen molar-refractivity contribution >= 4 is 55.1 Å². The molecule has 1 atom stereocenters. The number of anilines is 1. The van der Waals surface area contributed by atoms with Crippen LogP contribution in [0.2, 0.25) is 5.02 Å². The SMILES string of the molecule is COc1ccc(S(=O)(=O)N(CC(=O)N(Cc2ccc(Br)cc2)[C@H](Cc2ccccc2)C(=O)NCC(C)C)c2cccc(Cl)c2)cc1. The number of hydrogen-bond donors (Lipinski definition) is 1. The first kappa shape index (κ1) is 35.0. The van der Waals surface area contributed by atoms with E-state index in [1.165, 1.54) is 30.2 Å². The van der Waals surface area contributed by atoms with Gasteiger partial charge in [0, 0.05) is 29.0 Å². The molecule has 0 spiro atoms. The first-order valence-corrected chi connectivity index (χ1v) is 17.4. The standard InChI is InChI=1S/C35H37BrClN3O5S/c1-25(2)22-38-35(42)33(20-26-8-5-4-6-9-26)39(23-27-12-14-28(36)15-13-27)34(41)24-40(30-11-7-10-29(37)21-30)46(43,44)32-18-16-31(45-3)17-19-32/h4-19,21,25,33H,20,22-24H2,1-3H3,(H,38,42)/t33-/m1/s1. The van der Waals surface area contributed by atoms with Gasteiger partial charge in [0.25, 0.3) is 10.0 Å². The quantitative estimate of drug-likeness (QED) is 0.156. The third-order valence-corrected chi connectivity index (χ3v) is 9.80. The normalized spacial score (nSPS) is 12.0. The molecule has 0 fully saturated rings. The summed E-state index contributed by atoms with van der Waals surface area (Å²) >= 11 is 9.75. The summed E-state index contributed by atoms with van der Waals surface area (Å²) in [6, 6.07) is 28.2. The Hall–Kier alpha value is -3.86. The van der Waals surface area contributed by atoms with E-state index in [2.05, 4.69) is 21.2 Å². The molecule has 0 aliphatic carbocycles. The van der Waals surface area contributed by atoms with Gasteiger partial charge in [-0.2, -0.15) is 0 Å². The van der Waals surface area contributed by atoms with Crippen molar-refractivity contribution in [2.75, 3.05) is 24.5 Å². The van der Waals surface area contributed by atoms with Gasteiger partial charge in [-0.25, -0.2) is 8.42 Å². The molecule has 0 aromatic heterocycles. The molecular weight excluding hydrogens is 690 g/mol. The van der Waals surface area contributed by atoms with E-state index in [4.69, 9.17) is 16.3 Å². The summed E-state index contributed by atoms with van der Waals surface area (Å²) < 4.78 is 35.4. The molecule has 0 saturated carbocycles. The molecule has 4 rings (SSSR count). The number of hydrogen-bond acceptors (Lipinski definition) is 5. The summed E-state index contributed by atoms with van der Waals surface area (Å²) in [4.78, 5) is 29.8. The summed E-state index contributed by atoms with van der Waals surface area (Å²) in [6.07, 6.45) is 0.232. The van der Waals surface area contributed by atoms with E-state index in [-0.39, 0.29) is 35.4 Å². The number of halogens is 2. The third kappa shape index (κ3) is 9.34. The van der Waals surface area contributed by atoms with Crippen LogP contribution in [0, 0.1) is 5.92 Å². The van der Waals surface area contributed by atoms with E-state index in [0.717, 1.165) is 19.9 Å². The average molecular weight is 727 g/mol. The first-order valence-electron chi connectivity index (χ1n) is 14.8. The summed E-state index contributed by atoms with van der Waals surface area (Å²) in [5.74, 6) is -0.206. The fraction of sp³-hybridized carbons (Fsp3) is 0.257. The maximum Gasteiger partial charge on any atom is 0.264 e. The van der Waals surface area contributed by atoms with E-state index in [1.807, 2.05) is 68.4 Å². The van der Waals surface area contributed by atoms with Crippen LogP contribution in [0.15, 0.2) is 112 Å². The zero-order valence-corrected chi connectivity index (χ0v) is 29.1. The van der Waals surface area contributed by atoms with Crippen LogP contribution in [0.4, 0.5) is 5.69 Å². The van der Waals surface area contributed by atoms with Crippen molar-refractivity contribution in [1.29, 1.82) is 0 Å². The molecule has 0 aliphatic heterocycles. The van der Waals surface area contributed by atoms with Gasteiger partial charge in [0.15, 0.2) is 0 Å². The molecule has 0 heterocycles. The van der Waals surface area contributed by atoms with Crippen LogP contribution < -0.4 is 14.4 Å². The summed E-state index contributed by atoms with van der Waals surface area (Å²) in [6.45, 7) is 3.90. The fourth-order valence-electron chi connectivity index (χ4n) is 4.80. The smallest absolute Gasteiger partial charge is 0.264 e. The number of benzene rings is 4. The lowest BCUT2D eigenvalue weighted by Crippen LogP contribution is -2.53. The van der Waals surface area contributed by atoms with E-state index < -0.39 is 28.5 Å². The summed E-state index contributed by atoms with van der Waals surface area (Å²) in [7, 11) is -2.77. The van der Waals surface area contributed by atoms with Crippen LogP contribution >= 0.6 is 27.5 Å². The molecule has 4 aromatic rings. The first-order chi connectivity index (χ1) is 22.0. The van der Waals surface area contributed by atoms with E-state index in [9.17, 15) is 18.0 Å². The van der Waals surface area contributed by atoms with Gasteiger partial charge in [-0.15, -0.1) is 0 Å². The largest absolute Gasteiger partial charge is 0.497 e. The number of sulfonamides is 1.